The number of hydrazine groups is 1. The first-order chi connectivity index (χ1) is 20.5. The fourth-order valence-electron chi connectivity index (χ4n) is 5.49. The number of aliphatic carboxylic acids is 1. The van der Waals surface area contributed by atoms with Crippen LogP contribution in [0.5, 0.6) is 0 Å². The molecule has 2 aromatic rings. The Bertz CT molecular complexity index is 1280. The van der Waals surface area contributed by atoms with E-state index in [-0.39, 0.29) is 32.1 Å². The van der Waals surface area contributed by atoms with Gasteiger partial charge < -0.3 is 15.6 Å². The zero-order valence-corrected chi connectivity index (χ0v) is 25.8. The molecule has 2 aromatic carbocycles. The minimum atomic E-state index is -2.15. The highest BCUT2D eigenvalue weighted by molar-refractivity contribution is 8.15. The summed E-state index contributed by atoms with van der Waals surface area (Å²) in [5, 5.41) is 11.9. The van der Waals surface area contributed by atoms with E-state index in [1.165, 1.54) is 6.92 Å². The molecule has 2 atom stereocenters. The van der Waals surface area contributed by atoms with Gasteiger partial charge in [0.25, 0.3) is 5.91 Å². The molecule has 3 N–H and O–H groups in total. The molecule has 0 heterocycles. The van der Waals surface area contributed by atoms with Crippen molar-refractivity contribution in [2.24, 2.45) is 5.73 Å². The SMILES string of the molecule is CCCCC(=O)N(N(C(=O)C1(N)CCCC1)C(Cc1ccccc1)C(=O)O)[C@@](Cc1ccccc1)(SC(C)=O)C(=O)OC. The summed E-state index contributed by atoms with van der Waals surface area (Å²) in [6.07, 6.45) is 2.34. The summed E-state index contributed by atoms with van der Waals surface area (Å²) in [6.45, 7) is 3.12. The standard InChI is InChI=1S/C32H41N3O7S/c1-4-5-18-27(37)35(32(30(41)42-3,43-23(2)36)22-25-16-10-7-11-17-25)34(29(40)31(33)19-12-13-20-31)26(28(38)39)21-24-14-8-6-9-15-24/h6-11,14-17,26H,4-5,12-13,18-22,33H2,1-3H3,(H,38,39)/t26?,32-/m0/s1. The molecule has 1 unspecified atom stereocenters. The Morgan fingerprint density at radius 2 is 1.56 bits per heavy atom. The number of carbonyl (C=O) groups excluding carboxylic acids is 4. The molecule has 1 fully saturated rings. The Kier molecular flexibility index (Phi) is 11.9. The van der Waals surface area contributed by atoms with Crippen LogP contribution in [0, 0.1) is 0 Å². The second-order valence-corrected chi connectivity index (χ2v) is 12.4. The quantitative estimate of drug-likeness (QED) is 0.194. The molecular weight excluding hydrogens is 570 g/mol. The normalized spacial score (nSPS) is 16.0. The van der Waals surface area contributed by atoms with E-state index < -0.39 is 45.3 Å². The van der Waals surface area contributed by atoms with Crippen LogP contribution in [0.3, 0.4) is 0 Å². The topological polar surface area (TPSA) is 147 Å². The van der Waals surface area contributed by atoms with Crippen molar-refractivity contribution >= 4 is 40.6 Å². The summed E-state index contributed by atoms with van der Waals surface area (Å²) < 4.78 is 5.24. The van der Waals surface area contributed by atoms with Gasteiger partial charge in [0.05, 0.1) is 12.6 Å². The molecule has 232 valence electrons. The van der Waals surface area contributed by atoms with Crippen molar-refractivity contribution in [1.29, 1.82) is 0 Å². The Morgan fingerprint density at radius 1 is 1.00 bits per heavy atom. The number of nitrogens with two attached hydrogens (primary N) is 1. The molecule has 0 radical (unpaired) electrons. The molecule has 0 spiro atoms. The minimum Gasteiger partial charge on any atom is -0.480 e. The molecule has 3 rings (SSSR count). The van der Waals surface area contributed by atoms with Crippen LogP contribution >= 0.6 is 11.8 Å². The number of carbonyl (C=O) groups is 5. The third kappa shape index (κ3) is 8.03. The number of benzene rings is 2. The third-order valence-corrected chi connectivity index (χ3v) is 8.73. The van der Waals surface area contributed by atoms with Gasteiger partial charge in [-0.15, -0.1) is 0 Å². The average molecular weight is 612 g/mol. The number of hydrogen-bond donors (Lipinski definition) is 2. The van der Waals surface area contributed by atoms with Gasteiger partial charge in [0.2, 0.25) is 10.8 Å². The number of rotatable bonds is 13. The van der Waals surface area contributed by atoms with Gasteiger partial charge >= 0.3 is 11.9 Å². The van der Waals surface area contributed by atoms with Crippen molar-refractivity contribution < 1.29 is 33.8 Å². The van der Waals surface area contributed by atoms with Crippen LogP contribution in [-0.2, 0) is 41.6 Å². The molecule has 1 aliphatic rings. The van der Waals surface area contributed by atoms with Gasteiger partial charge in [-0.1, -0.05) is 86.8 Å². The van der Waals surface area contributed by atoms with E-state index in [1.807, 2.05) is 6.92 Å². The van der Waals surface area contributed by atoms with Gasteiger partial charge in [-0.3, -0.25) is 14.4 Å². The second-order valence-electron chi connectivity index (χ2n) is 10.9. The number of methoxy groups -OCH3 is 1. The third-order valence-electron chi connectivity index (χ3n) is 7.62. The molecule has 1 saturated carbocycles. The van der Waals surface area contributed by atoms with Crippen LogP contribution in [0.25, 0.3) is 0 Å². The molecule has 1 aliphatic carbocycles. The first-order valence-corrected chi connectivity index (χ1v) is 15.3. The summed E-state index contributed by atoms with van der Waals surface area (Å²) in [6, 6.07) is 15.8. The number of thioether (sulfide) groups is 1. The molecule has 43 heavy (non-hydrogen) atoms. The number of ether oxygens (including phenoxy) is 1. The Hall–Kier alpha value is -3.70. The largest absolute Gasteiger partial charge is 0.480 e. The van der Waals surface area contributed by atoms with Crippen LogP contribution < -0.4 is 5.73 Å². The molecule has 11 heteroatoms. The maximum atomic E-state index is 14.6. The smallest absolute Gasteiger partial charge is 0.345 e. The highest BCUT2D eigenvalue weighted by Crippen LogP contribution is 2.40. The van der Waals surface area contributed by atoms with Crippen molar-refractivity contribution in [2.75, 3.05) is 7.11 Å². The van der Waals surface area contributed by atoms with Gasteiger partial charge in [-0.2, -0.15) is 0 Å². The van der Waals surface area contributed by atoms with Crippen molar-refractivity contribution in [2.45, 2.75) is 88.1 Å². The number of hydrogen-bond acceptors (Lipinski definition) is 8. The number of amides is 2. The van der Waals surface area contributed by atoms with E-state index in [9.17, 15) is 29.1 Å². The summed E-state index contributed by atoms with van der Waals surface area (Å²) >= 11 is 0.531. The van der Waals surface area contributed by atoms with Crippen molar-refractivity contribution in [3.63, 3.8) is 0 Å². The van der Waals surface area contributed by atoms with E-state index in [1.54, 1.807) is 60.7 Å². The molecule has 2 amide bonds. The second kappa shape index (κ2) is 15.2. The number of unbranched alkanes of at least 4 members (excludes halogenated alkanes) is 1. The van der Waals surface area contributed by atoms with Crippen LogP contribution in [-0.4, -0.2) is 67.6 Å². The highest BCUT2D eigenvalue weighted by Gasteiger charge is 2.57. The monoisotopic (exact) mass is 611 g/mol. The van der Waals surface area contributed by atoms with E-state index >= 15 is 0 Å². The zero-order valence-electron chi connectivity index (χ0n) is 25.0. The number of nitrogens with zero attached hydrogens (tertiary/aromatic N) is 2. The highest BCUT2D eigenvalue weighted by atomic mass is 32.2. The fraction of sp³-hybridized carbons (Fsp3) is 0.469. The lowest BCUT2D eigenvalue weighted by Gasteiger charge is -2.49. The first kappa shape index (κ1) is 33.8. The molecule has 0 saturated heterocycles. The fourth-order valence-corrected chi connectivity index (χ4v) is 6.65. The molecule has 0 bridgehead atoms. The first-order valence-electron chi connectivity index (χ1n) is 14.5. The Morgan fingerprint density at radius 3 is 2.05 bits per heavy atom. The van der Waals surface area contributed by atoms with Crippen LogP contribution in [0.1, 0.15) is 69.9 Å². The lowest BCUT2D eigenvalue weighted by Crippen LogP contribution is -2.71. The van der Waals surface area contributed by atoms with Crippen LogP contribution in [0.15, 0.2) is 60.7 Å². The lowest BCUT2D eigenvalue weighted by atomic mass is 9.95. The Labute approximate surface area is 256 Å². The van der Waals surface area contributed by atoms with Gasteiger partial charge in [0.15, 0.2) is 11.2 Å². The lowest BCUT2D eigenvalue weighted by molar-refractivity contribution is -0.193. The summed E-state index contributed by atoms with van der Waals surface area (Å²) in [7, 11) is 1.13. The molecule has 0 aliphatic heterocycles. The average Bonchev–Trinajstić information content (AvgIpc) is 3.44. The predicted molar refractivity (Wildman–Crippen MR) is 163 cm³/mol. The van der Waals surface area contributed by atoms with Crippen molar-refractivity contribution in [3.8, 4) is 0 Å². The van der Waals surface area contributed by atoms with E-state index in [0.717, 1.165) is 17.1 Å². The minimum absolute atomic E-state index is 0.110. The molecule has 0 aromatic heterocycles. The number of carboxylic acids is 1. The van der Waals surface area contributed by atoms with E-state index in [4.69, 9.17) is 10.5 Å². The van der Waals surface area contributed by atoms with E-state index in [0.29, 0.717) is 48.6 Å². The summed E-state index contributed by atoms with van der Waals surface area (Å²) in [4.78, 5) is 66.8. The van der Waals surface area contributed by atoms with Gasteiger partial charge in [-0.05, 0) is 42.2 Å². The number of esters is 1. The predicted octanol–water partition coefficient (Wildman–Crippen LogP) is 4.11. The van der Waals surface area contributed by atoms with Gasteiger partial charge in [-0.25, -0.2) is 19.6 Å². The van der Waals surface area contributed by atoms with Crippen molar-refractivity contribution in [3.05, 3.63) is 71.8 Å². The maximum absolute atomic E-state index is 14.6. The summed E-state index contributed by atoms with van der Waals surface area (Å²) in [5.41, 5.74) is 6.36. The maximum Gasteiger partial charge on any atom is 0.345 e. The Balaban J connectivity index is 2.38. The van der Waals surface area contributed by atoms with Gasteiger partial charge in [0.1, 0.15) is 0 Å². The van der Waals surface area contributed by atoms with Crippen molar-refractivity contribution in [1.82, 2.24) is 10.0 Å². The van der Waals surface area contributed by atoms with E-state index in [2.05, 4.69) is 0 Å². The molecule has 10 nitrogen and oxygen atoms in total. The number of carboxylic acid groups (broad SMARTS) is 1. The van der Waals surface area contributed by atoms with Crippen LogP contribution in [0.4, 0.5) is 0 Å². The zero-order chi connectivity index (χ0) is 31.6. The molecular formula is C32H41N3O7S. The summed E-state index contributed by atoms with van der Waals surface area (Å²) in [5.74, 6) is -3.84. The van der Waals surface area contributed by atoms with Crippen LogP contribution in [0.2, 0.25) is 0 Å². The van der Waals surface area contributed by atoms with Gasteiger partial charge in [0, 0.05) is 26.2 Å².